The van der Waals surface area contributed by atoms with Gasteiger partial charge < -0.3 is 14.3 Å². The van der Waals surface area contributed by atoms with Crippen LogP contribution in [0.3, 0.4) is 0 Å². The van der Waals surface area contributed by atoms with E-state index in [9.17, 15) is 5.11 Å². The lowest BCUT2D eigenvalue weighted by Crippen LogP contribution is -2.47. The fraction of sp³-hybridized carbons (Fsp3) is 0.400. The predicted molar refractivity (Wildman–Crippen MR) is 99.1 cm³/mol. The average molecular weight is 343 g/mol. The molecule has 3 rings (SSSR count). The van der Waals surface area contributed by atoms with E-state index < -0.39 is 14.8 Å². The van der Waals surface area contributed by atoms with E-state index in [0.717, 1.165) is 6.42 Å². The lowest BCUT2D eigenvalue weighted by molar-refractivity contribution is -0.00454. The van der Waals surface area contributed by atoms with Gasteiger partial charge in [-0.05, 0) is 22.2 Å². The van der Waals surface area contributed by atoms with Crippen LogP contribution < -0.4 is 10.4 Å². The van der Waals surface area contributed by atoms with Gasteiger partial charge in [0.05, 0.1) is 6.61 Å². The quantitative estimate of drug-likeness (QED) is 0.645. The average Bonchev–Trinajstić information content (AvgIpc) is 3.17. The number of aliphatic hydroxyl groups is 1. The zero-order chi connectivity index (χ0) is 17.2. The van der Waals surface area contributed by atoms with Gasteiger partial charge in [0.1, 0.15) is 6.10 Å². The molecule has 0 radical (unpaired) electrons. The van der Waals surface area contributed by atoms with Crippen molar-refractivity contribution in [3.63, 3.8) is 0 Å². The van der Waals surface area contributed by atoms with Crippen LogP contribution in [0.5, 0.6) is 0 Å². The second-order valence-corrected chi connectivity index (χ2v) is 10.2. The number of epoxide rings is 1. The minimum absolute atomic E-state index is 0.126. The number of rotatable bonds is 6. The second kappa shape index (κ2) is 6.80. The molecule has 3 nitrogen and oxygen atoms in total. The number of ether oxygens (including phenoxy) is 1. The lowest BCUT2D eigenvalue weighted by Gasteiger charge is -2.20. The van der Waals surface area contributed by atoms with Gasteiger partial charge in [-0.3, -0.25) is 0 Å². The monoisotopic (exact) mass is 342 g/mol. The molecule has 128 valence electrons. The third kappa shape index (κ3) is 4.33. The van der Waals surface area contributed by atoms with Crippen molar-refractivity contribution >= 4 is 19.4 Å². The summed E-state index contributed by atoms with van der Waals surface area (Å²) >= 11 is 0. The van der Waals surface area contributed by atoms with Gasteiger partial charge in [0, 0.05) is 0 Å². The Kier molecular flexibility index (Phi) is 4.92. The molecular weight excluding hydrogens is 316 g/mol. The second-order valence-electron chi connectivity index (χ2n) is 7.73. The van der Waals surface area contributed by atoms with Crippen molar-refractivity contribution in [1.82, 2.24) is 0 Å². The molecule has 0 aliphatic carbocycles. The summed E-state index contributed by atoms with van der Waals surface area (Å²) < 4.78 is 11.8. The third-order valence-electron chi connectivity index (χ3n) is 4.25. The maximum atomic E-state index is 10.6. The summed E-state index contributed by atoms with van der Waals surface area (Å²) in [5.41, 5.74) is 0.130. The summed E-state index contributed by atoms with van der Waals surface area (Å²) in [5.74, 6) is -1.12. The van der Waals surface area contributed by atoms with Crippen LogP contribution in [0.4, 0.5) is 0 Å². The molecule has 0 bridgehead atoms. The molecule has 1 aliphatic rings. The van der Waals surface area contributed by atoms with Crippen LogP contribution in [-0.4, -0.2) is 32.6 Å². The van der Waals surface area contributed by atoms with Gasteiger partial charge in [0.25, 0.3) is 0 Å². The first-order valence-electron chi connectivity index (χ1n) is 8.49. The Bertz CT molecular complexity index is 614. The summed E-state index contributed by atoms with van der Waals surface area (Å²) in [5, 5.41) is 13.0. The normalized spacial score (nSPS) is 23.5. The van der Waals surface area contributed by atoms with Gasteiger partial charge in [-0.15, -0.1) is 0 Å². The van der Waals surface area contributed by atoms with Gasteiger partial charge in [0.2, 0.25) is 14.8 Å². The molecule has 0 amide bonds. The molecule has 2 aromatic carbocycles. The Balaban J connectivity index is 1.70. The van der Waals surface area contributed by atoms with Crippen LogP contribution >= 0.6 is 0 Å². The van der Waals surface area contributed by atoms with Gasteiger partial charge in [-0.2, -0.15) is 0 Å². The third-order valence-corrected chi connectivity index (χ3v) is 6.73. The van der Waals surface area contributed by atoms with Crippen LogP contribution in [0.2, 0.25) is 0 Å². The molecule has 0 aromatic heterocycles. The predicted octanol–water partition coefficient (Wildman–Crippen LogP) is 2.06. The Labute approximate surface area is 146 Å². The van der Waals surface area contributed by atoms with E-state index in [1.165, 1.54) is 10.4 Å². The van der Waals surface area contributed by atoms with Crippen molar-refractivity contribution in [3.05, 3.63) is 60.7 Å². The molecule has 2 aromatic rings. The zero-order valence-electron chi connectivity index (χ0n) is 14.6. The summed E-state index contributed by atoms with van der Waals surface area (Å²) in [6.45, 7) is 6.69. The molecular formula is C20H26O3Si. The first-order valence-corrected chi connectivity index (χ1v) is 10.1. The maximum absolute atomic E-state index is 10.6. The van der Waals surface area contributed by atoms with Gasteiger partial charge in [0.15, 0.2) is 0 Å². The number of benzene rings is 2. The van der Waals surface area contributed by atoms with Gasteiger partial charge >= 0.3 is 0 Å². The first kappa shape index (κ1) is 17.4. The van der Waals surface area contributed by atoms with Crippen molar-refractivity contribution in [2.75, 3.05) is 6.61 Å². The van der Waals surface area contributed by atoms with Crippen LogP contribution in [0.15, 0.2) is 60.7 Å². The van der Waals surface area contributed by atoms with Crippen molar-refractivity contribution in [2.45, 2.75) is 39.1 Å². The largest absolute Gasteiger partial charge is 0.405 e. The van der Waals surface area contributed by atoms with E-state index in [4.69, 9.17) is 9.16 Å². The highest BCUT2D eigenvalue weighted by Gasteiger charge is 2.56. The smallest absolute Gasteiger partial charge is 0.240 e. The minimum Gasteiger partial charge on any atom is -0.405 e. The summed E-state index contributed by atoms with van der Waals surface area (Å²) in [6.07, 6.45) is 0.703. The van der Waals surface area contributed by atoms with E-state index in [1.807, 2.05) is 36.4 Å². The number of hydrogen-bond donors (Lipinski definition) is 1. The SMILES string of the molecule is CC(C)(C)C[C@H]1O[C@@]1(O)CO[SiH](c1ccccc1)c1ccccc1. The van der Waals surface area contributed by atoms with E-state index in [2.05, 4.69) is 45.0 Å². The maximum Gasteiger partial charge on any atom is 0.240 e. The van der Waals surface area contributed by atoms with E-state index >= 15 is 0 Å². The fourth-order valence-corrected chi connectivity index (χ4v) is 5.26. The Morgan fingerprint density at radius 1 is 1.00 bits per heavy atom. The molecule has 0 spiro atoms. The Morgan fingerprint density at radius 2 is 1.50 bits per heavy atom. The van der Waals surface area contributed by atoms with Crippen molar-refractivity contribution in [3.8, 4) is 0 Å². The summed E-state index contributed by atoms with van der Waals surface area (Å²) in [7, 11) is -1.83. The molecule has 1 N–H and O–H groups in total. The molecule has 0 saturated carbocycles. The molecule has 24 heavy (non-hydrogen) atoms. The minimum atomic E-state index is -1.83. The summed E-state index contributed by atoms with van der Waals surface area (Å²) in [6, 6.07) is 20.6. The lowest BCUT2D eigenvalue weighted by atomic mass is 9.89. The highest BCUT2D eigenvalue weighted by Crippen LogP contribution is 2.41. The first-order chi connectivity index (χ1) is 11.4. The van der Waals surface area contributed by atoms with E-state index in [1.54, 1.807) is 0 Å². The molecule has 1 aliphatic heterocycles. The Morgan fingerprint density at radius 3 is 1.96 bits per heavy atom. The highest BCUT2D eigenvalue weighted by atomic mass is 28.3. The molecule has 0 unspecified atom stereocenters. The van der Waals surface area contributed by atoms with Crippen molar-refractivity contribution in [2.24, 2.45) is 5.41 Å². The van der Waals surface area contributed by atoms with Gasteiger partial charge in [-0.25, -0.2) is 0 Å². The van der Waals surface area contributed by atoms with Crippen LogP contribution in [0.1, 0.15) is 27.2 Å². The van der Waals surface area contributed by atoms with Crippen LogP contribution in [0.25, 0.3) is 0 Å². The topological polar surface area (TPSA) is 42.0 Å². The van der Waals surface area contributed by atoms with E-state index in [0.29, 0.717) is 0 Å². The molecule has 4 heteroatoms. The van der Waals surface area contributed by atoms with E-state index in [-0.39, 0.29) is 18.1 Å². The zero-order valence-corrected chi connectivity index (χ0v) is 15.8. The van der Waals surface area contributed by atoms with Crippen molar-refractivity contribution in [1.29, 1.82) is 0 Å². The molecule has 1 saturated heterocycles. The van der Waals surface area contributed by atoms with Crippen molar-refractivity contribution < 1.29 is 14.3 Å². The molecule has 1 fully saturated rings. The van der Waals surface area contributed by atoms with Crippen LogP contribution in [-0.2, 0) is 9.16 Å². The fourth-order valence-electron chi connectivity index (χ4n) is 2.94. The van der Waals surface area contributed by atoms with Crippen LogP contribution in [0, 0.1) is 5.41 Å². The molecule has 2 atom stereocenters. The highest BCUT2D eigenvalue weighted by molar-refractivity contribution is 6.80. The standard InChI is InChI=1S/C20H26O3Si/c1-19(2,3)14-18-20(21,23-18)15-22-24(16-10-6-4-7-11-16)17-12-8-5-9-13-17/h4-13,18,21,24H,14-15H2,1-3H3/t18-,20+/m1/s1. The molecule has 1 heterocycles. The van der Waals surface area contributed by atoms with Gasteiger partial charge in [-0.1, -0.05) is 81.4 Å². The number of hydrogen-bond acceptors (Lipinski definition) is 3. The summed E-state index contributed by atoms with van der Waals surface area (Å²) in [4.78, 5) is 0. The Hall–Kier alpha value is -1.46.